The third-order valence-corrected chi connectivity index (χ3v) is 3.18. The summed E-state index contributed by atoms with van der Waals surface area (Å²) in [4.78, 5) is 10.8. The van der Waals surface area contributed by atoms with Crippen LogP contribution in [0, 0.1) is 6.92 Å². The molecule has 1 N–H and O–H groups in total. The van der Waals surface area contributed by atoms with Gasteiger partial charge in [-0.15, -0.1) is 0 Å². The number of carbonyl (C=O) groups excluding carboxylic acids is 1. The fourth-order valence-electron chi connectivity index (χ4n) is 2.12. The Kier molecular flexibility index (Phi) is 10.3. The molecule has 118 valence electrons. The highest BCUT2D eigenvalue weighted by molar-refractivity contribution is 5.93. The summed E-state index contributed by atoms with van der Waals surface area (Å²) in [5, 5.41) is 3.39. The first-order chi connectivity index (χ1) is 9.90. The molecule has 2 nitrogen and oxygen atoms in total. The minimum atomic E-state index is 0.125. The molecule has 1 rings (SSSR count). The molecule has 0 saturated heterocycles. The lowest BCUT2D eigenvalue weighted by molar-refractivity contribution is 0.101. The van der Waals surface area contributed by atoms with E-state index in [9.17, 15) is 4.79 Å². The SMILES string of the molecule is C=C(C)NC(CCC)CCC.CC(=O)c1ccc(C)cc1. The summed E-state index contributed by atoms with van der Waals surface area (Å²) in [7, 11) is 0. The van der Waals surface area contributed by atoms with Gasteiger partial charge in [0.1, 0.15) is 0 Å². The van der Waals surface area contributed by atoms with Crippen LogP contribution in [0.25, 0.3) is 0 Å². The summed E-state index contributed by atoms with van der Waals surface area (Å²) in [6.45, 7) is 13.9. The van der Waals surface area contributed by atoms with E-state index in [1.54, 1.807) is 6.92 Å². The van der Waals surface area contributed by atoms with Crippen LogP contribution in [-0.2, 0) is 0 Å². The van der Waals surface area contributed by atoms with Crippen LogP contribution in [0.15, 0.2) is 36.5 Å². The number of allylic oxidation sites excluding steroid dienone is 1. The highest BCUT2D eigenvalue weighted by Gasteiger charge is 2.03. The van der Waals surface area contributed by atoms with Gasteiger partial charge in [0.25, 0.3) is 0 Å². The number of hydrogen-bond donors (Lipinski definition) is 1. The van der Waals surface area contributed by atoms with Crippen LogP contribution in [0.2, 0.25) is 0 Å². The molecule has 0 saturated carbocycles. The van der Waals surface area contributed by atoms with Crippen molar-refractivity contribution in [1.29, 1.82) is 0 Å². The van der Waals surface area contributed by atoms with E-state index in [0.29, 0.717) is 6.04 Å². The van der Waals surface area contributed by atoms with Crippen LogP contribution in [0.3, 0.4) is 0 Å². The van der Waals surface area contributed by atoms with Crippen molar-refractivity contribution in [2.75, 3.05) is 0 Å². The number of carbonyl (C=O) groups is 1. The molecule has 2 heteroatoms. The van der Waals surface area contributed by atoms with Gasteiger partial charge >= 0.3 is 0 Å². The van der Waals surface area contributed by atoms with Crippen molar-refractivity contribution < 1.29 is 4.79 Å². The molecule has 0 aliphatic carbocycles. The summed E-state index contributed by atoms with van der Waals surface area (Å²) in [5.74, 6) is 0.125. The minimum absolute atomic E-state index is 0.125. The van der Waals surface area contributed by atoms with Crippen LogP contribution in [-0.4, -0.2) is 11.8 Å². The molecule has 0 amide bonds. The Bertz CT molecular complexity index is 414. The molecule has 1 aromatic rings. The zero-order chi connectivity index (χ0) is 16.3. The van der Waals surface area contributed by atoms with Gasteiger partial charge in [-0.25, -0.2) is 0 Å². The number of aryl methyl sites for hydroxylation is 1. The van der Waals surface area contributed by atoms with Gasteiger partial charge in [-0.3, -0.25) is 4.79 Å². The molecule has 0 aliphatic heterocycles. The molecule has 0 aliphatic rings. The molecule has 0 heterocycles. The average Bonchev–Trinajstić information content (AvgIpc) is 2.40. The van der Waals surface area contributed by atoms with Gasteiger partial charge in [-0.2, -0.15) is 0 Å². The molecular formula is C19H31NO. The topological polar surface area (TPSA) is 29.1 Å². The molecule has 0 bridgehead atoms. The standard InChI is InChI=1S/C10H21N.C9H10O/c1-5-7-10(8-6-2)11-9(3)4;1-7-3-5-9(6-4-7)8(2)10/h10-11H,3,5-8H2,1-2,4H3;3-6H,1-2H3. The van der Waals surface area contributed by atoms with Crippen LogP contribution in [0.1, 0.15) is 69.3 Å². The first-order valence-corrected chi connectivity index (χ1v) is 7.90. The van der Waals surface area contributed by atoms with E-state index in [1.165, 1.54) is 31.2 Å². The van der Waals surface area contributed by atoms with E-state index >= 15 is 0 Å². The zero-order valence-electron chi connectivity index (χ0n) is 14.3. The number of benzene rings is 1. The van der Waals surface area contributed by atoms with E-state index < -0.39 is 0 Å². The van der Waals surface area contributed by atoms with E-state index in [1.807, 2.05) is 38.1 Å². The molecule has 1 aromatic carbocycles. The molecule has 0 aromatic heterocycles. The van der Waals surface area contributed by atoms with E-state index in [4.69, 9.17) is 0 Å². The van der Waals surface area contributed by atoms with Gasteiger partial charge in [0, 0.05) is 17.3 Å². The Hall–Kier alpha value is -1.57. The smallest absolute Gasteiger partial charge is 0.159 e. The van der Waals surface area contributed by atoms with Gasteiger partial charge in [0.05, 0.1) is 0 Å². The second kappa shape index (κ2) is 11.1. The Morgan fingerprint density at radius 1 is 1.10 bits per heavy atom. The normalized spacial score (nSPS) is 9.81. The van der Waals surface area contributed by atoms with Crippen LogP contribution >= 0.6 is 0 Å². The Balaban J connectivity index is 0.000000382. The summed E-state index contributed by atoms with van der Waals surface area (Å²) >= 11 is 0. The minimum Gasteiger partial charge on any atom is -0.386 e. The van der Waals surface area contributed by atoms with Crippen molar-refractivity contribution >= 4 is 5.78 Å². The monoisotopic (exact) mass is 289 g/mol. The maximum Gasteiger partial charge on any atom is 0.159 e. The number of Topliss-reactive ketones (excluding diaryl/α,β-unsaturated/α-hetero) is 1. The fourth-order valence-corrected chi connectivity index (χ4v) is 2.12. The fraction of sp³-hybridized carbons (Fsp3) is 0.526. The van der Waals surface area contributed by atoms with Gasteiger partial charge in [-0.1, -0.05) is 63.1 Å². The summed E-state index contributed by atoms with van der Waals surface area (Å²) in [6, 6.07) is 8.23. The lowest BCUT2D eigenvalue weighted by atomic mass is 10.1. The Labute approximate surface area is 130 Å². The second-order valence-corrected chi connectivity index (χ2v) is 5.62. The van der Waals surface area contributed by atoms with Crippen LogP contribution in [0.5, 0.6) is 0 Å². The van der Waals surface area contributed by atoms with Crippen molar-refractivity contribution in [3.05, 3.63) is 47.7 Å². The van der Waals surface area contributed by atoms with Crippen LogP contribution < -0.4 is 5.32 Å². The summed E-state index contributed by atoms with van der Waals surface area (Å²) in [5.41, 5.74) is 3.06. The van der Waals surface area contributed by atoms with Crippen molar-refractivity contribution in [3.63, 3.8) is 0 Å². The largest absolute Gasteiger partial charge is 0.386 e. The Morgan fingerprint density at radius 3 is 1.90 bits per heavy atom. The third-order valence-electron chi connectivity index (χ3n) is 3.18. The number of ketones is 1. The number of hydrogen-bond acceptors (Lipinski definition) is 2. The van der Waals surface area contributed by atoms with Gasteiger partial charge in [-0.05, 0) is 33.6 Å². The third kappa shape index (κ3) is 9.89. The molecule has 0 atom stereocenters. The zero-order valence-corrected chi connectivity index (χ0v) is 14.3. The first-order valence-electron chi connectivity index (χ1n) is 7.90. The van der Waals surface area contributed by atoms with Crippen molar-refractivity contribution in [3.8, 4) is 0 Å². The Morgan fingerprint density at radius 2 is 1.57 bits per heavy atom. The second-order valence-electron chi connectivity index (χ2n) is 5.62. The van der Waals surface area contributed by atoms with Gasteiger partial charge in [0.15, 0.2) is 5.78 Å². The predicted octanol–water partition coefficient (Wildman–Crippen LogP) is 5.28. The average molecular weight is 289 g/mol. The van der Waals surface area contributed by atoms with Crippen molar-refractivity contribution in [2.24, 2.45) is 0 Å². The molecule has 0 unspecified atom stereocenters. The molecule has 0 radical (unpaired) electrons. The molecule has 0 fully saturated rings. The van der Waals surface area contributed by atoms with E-state index in [-0.39, 0.29) is 5.78 Å². The van der Waals surface area contributed by atoms with E-state index in [0.717, 1.165) is 11.3 Å². The predicted molar refractivity (Wildman–Crippen MR) is 92.7 cm³/mol. The molecule has 0 spiro atoms. The quantitative estimate of drug-likeness (QED) is 0.692. The maximum absolute atomic E-state index is 10.8. The maximum atomic E-state index is 10.8. The van der Waals surface area contributed by atoms with Gasteiger partial charge in [0.2, 0.25) is 0 Å². The lowest BCUT2D eigenvalue weighted by Gasteiger charge is -2.17. The number of nitrogens with one attached hydrogen (secondary N) is 1. The van der Waals surface area contributed by atoms with Crippen molar-refractivity contribution in [1.82, 2.24) is 5.32 Å². The van der Waals surface area contributed by atoms with E-state index in [2.05, 4.69) is 25.7 Å². The molecule has 21 heavy (non-hydrogen) atoms. The highest BCUT2D eigenvalue weighted by atomic mass is 16.1. The van der Waals surface area contributed by atoms with Gasteiger partial charge < -0.3 is 5.32 Å². The number of rotatable bonds is 7. The van der Waals surface area contributed by atoms with Crippen LogP contribution in [0.4, 0.5) is 0 Å². The van der Waals surface area contributed by atoms with Crippen molar-refractivity contribution in [2.45, 2.75) is 66.3 Å². The molecular weight excluding hydrogens is 258 g/mol. The highest BCUT2D eigenvalue weighted by Crippen LogP contribution is 2.05. The lowest BCUT2D eigenvalue weighted by Crippen LogP contribution is -2.26. The summed E-state index contributed by atoms with van der Waals surface area (Å²) < 4.78 is 0. The first kappa shape index (κ1) is 19.4. The summed E-state index contributed by atoms with van der Waals surface area (Å²) in [6.07, 6.45) is 5.04.